The molecule has 7 nitrogen and oxygen atoms in total. The van der Waals surface area contributed by atoms with Gasteiger partial charge < -0.3 is 10.2 Å². The molecule has 0 spiro atoms. The fraction of sp³-hybridized carbons (Fsp3) is 0.593. The molecule has 3 aliphatic carbocycles. The third-order valence-electron chi connectivity index (χ3n) is 9.19. The Kier molecular flexibility index (Phi) is 5.16. The van der Waals surface area contributed by atoms with Gasteiger partial charge in [0.25, 0.3) is 0 Å². The van der Waals surface area contributed by atoms with Crippen LogP contribution in [0.2, 0.25) is 0 Å². The highest BCUT2D eigenvalue weighted by atomic mass is 16.3. The number of aryl methyl sites for hydroxylation is 1. The van der Waals surface area contributed by atoms with Gasteiger partial charge in [-0.1, -0.05) is 40.7 Å². The summed E-state index contributed by atoms with van der Waals surface area (Å²) in [4.78, 5) is 67.3. The summed E-state index contributed by atoms with van der Waals surface area (Å²) in [5.41, 5.74) is -3.71. The molecule has 1 aromatic carbocycles. The third kappa shape index (κ3) is 2.59. The van der Waals surface area contributed by atoms with Crippen molar-refractivity contribution in [1.29, 1.82) is 0 Å². The van der Waals surface area contributed by atoms with Crippen molar-refractivity contribution in [1.82, 2.24) is 0 Å². The van der Waals surface area contributed by atoms with Gasteiger partial charge in [0.1, 0.15) is 17.5 Å². The number of hydrogen-bond donors (Lipinski definition) is 2. The largest absolute Gasteiger partial charge is 0.507 e. The number of rotatable bonds is 2. The van der Waals surface area contributed by atoms with Gasteiger partial charge in [-0.3, -0.25) is 24.0 Å². The van der Waals surface area contributed by atoms with Gasteiger partial charge >= 0.3 is 0 Å². The Hall–Kier alpha value is -2.67. The van der Waals surface area contributed by atoms with Crippen molar-refractivity contribution in [3.63, 3.8) is 0 Å². The SMILES string of the molecule is CC(=O)C1C(=O)C(C(C)C)[C@@]2(C)C[C@]3(C)C(C(=O)c4c(O)ccc(C)c4[C@H]3C)C(=O)[C@@]2(O)C1=O. The number of carbonyl (C=O) groups excluding carboxylic acids is 5. The molecule has 7 heteroatoms. The van der Waals surface area contributed by atoms with Crippen molar-refractivity contribution in [2.24, 2.45) is 34.5 Å². The van der Waals surface area contributed by atoms with Gasteiger partial charge in [0.15, 0.2) is 28.7 Å². The van der Waals surface area contributed by atoms with E-state index < -0.39 is 63.1 Å². The number of hydrogen-bond acceptors (Lipinski definition) is 7. The van der Waals surface area contributed by atoms with Crippen molar-refractivity contribution < 1.29 is 34.2 Å². The zero-order chi connectivity index (χ0) is 25.7. The maximum atomic E-state index is 14.1. The zero-order valence-corrected chi connectivity index (χ0v) is 20.7. The number of carbonyl (C=O) groups is 5. The highest BCUT2D eigenvalue weighted by Crippen LogP contribution is 2.66. The lowest BCUT2D eigenvalue weighted by Gasteiger charge is -2.63. The molecule has 7 atom stereocenters. The number of aliphatic hydroxyl groups is 1. The van der Waals surface area contributed by atoms with Crippen LogP contribution in [0.25, 0.3) is 0 Å². The molecule has 3 unspecified atom stereocenters. The van der Waals surface area contributed by atoms with Crippen LogP contribution in [-0.4, -0.2) is 44.7 Å². The first-order chi connectivity index (χ1) is 15.6. The second-order valence-electron chi connectivity index (χ2n) is 11.4. The number of benzene rings is 1. The monoisotopic (exact) mass is 468 g/mol. The Labute approximate surface area is 198 Å². The van der Waals surface area contributed by atoms with E-state index in [0.717, 1.165) is 12.5 Å². The average molecular weight is 469 g/mol. The lowest BCUT2D eigenvalue weighted by atomic mass is 9.38. The van der Waals surface area contributed by atoms with Crippen LogP contribution < -0.4 is 0 Å². The summed E-state index contributed by atoms with van der Waals surface area (Å²) in [5.74, 6) is -9.08. The van der Waals surface area contributed by atoms with E-state index in [1.165, 1.54) is 6.07 Å². The standard InChI is InChI=1S/C27H32O7/c1-11(2)19-21(30)17(14(5)28)23(32)27(34)24(33)20-22(31)18-15(29)9-8-12(3)16(18)13(4)25(20,6)10-26(19,27)7/h8-9,11,13,17,19-20,29,34H,10H2,1-7H3/t13-,17?,19?,20?,25+,26-,27+/m1/s1. The van der Waals surface area contributed by atoms with E-state index >= 15 is 0 Å². The molecule has 1 aromatic rings. The van der Waals surface area contributed by atoms with Crippen LogP contribution in [0.3, 0.4) is 0 Å². The molecule has 0 amide bonds. The molecule has 2 saturated carbocycles. The van der Waals surface area contributed by atoms with Gasteiger partial charge in [0, 0.05) is 11.3 Å². The Morgan fingerprint density at radius 3 is 2.21 bits per heavy atom. The van der Waals surface area contributed by atoms with Crippen LogP contribution >= 0.6 is 0 Å². The van der Waals surface area contributed by atoms with E-state index in [0.29, 0.717) is 5.56 Å². The molecule has 3 aliphatic rings. The van der Waals surface area contributed by atoms with Crippen LogP contribution in [0.15, 0.2) is 12.1 Å². The van der Waals surface area contributed by atoms with E-state index in [-0.39, 0.29) is 29.6 Å². The second kappa shape index (κ2) is 7.17. The average Bonchev–Trinajstić information content (AvgIpc) is 2.70. The molecule has 0 bridgehead atoms. The van der Waals surface area contributed by atoms with Gasteiger partial charge in [0.05, 0.1) is 11.5 Å². The molecular formula is C27H32O7. The van der Waals surface area contributed by atoms with Crippen LogP contribution in [0, 0.1) is 41.4 Å². The number of phenolic OH excluding ortho intramolecular Hbond substituents is 1. The van der Waals surface area contributed by atoms with Crippen LogP contribution in [0.4, 0.5) is 0 Å². The summed E-state index contributed by atoms with van der Waals surface area (Å²) in [6.07, 6.45) is 0.0549. The van der Waals surface area contributed by atoms with E-state index in [9.17, 15) is 34.2 Å². The molecule has 2 N–H and O–H groups in total. The second-order valence-corrected chi connectivity index (χ2v) is 11.4. The summed E-state index contributed by atoms with van der Waals surface area (Å²) >= 11 is 0. The van der Waals surface area contributed by atoms with Crippen LogP contribution in [0.1, 0.15) is 75.4 Å². The summed E-state index contributed by atoms with van der Waals surface area (Å²) in [6.45, 7) is 11.7. The summed E-state index contributed by atoms with van der Waals surface area (Å²) in [6, 6.07) is 3.12. The molecule has 0 radical (unpaired) electrons. The van der Waals surface area contributed by atoms with Gasteiger partial charge in [-0.2, -0.15) is 0 Å². The van der Waals surface area contributed by atoms with Crippen LogP contribution in [0.5, 0.6) is 5.75 Å². The molecule has 0 aromatic heterocycles. The van der Waals surface area contributed by atoms with E-state index in [1.54, 1.807) is 33.8 Å². The molecule has 0 aliphatic heterocycles. The van der Waals surface area contributed by atoms with Gasteiger partial charge in [-0.15, -0.1) is 0 Å². The first-order valence-electron chi connectivity index (χ1n) is 11.8. The minimum Gasteiger partial charge on any atom is -0.507 e. The predicted molar refractivity (Wildman–Crippen MR) is 122 cm³/mol. The number of aromatic hydroxyl groups is 1. The summed E-state index contributed by atoms with van der Waals surface area (Å²) in [5, 5.41) is 22.5. The normalized spacial score (nSPS) is 39.6. The van der Waals surface area contributed by atoms with E-state index in [2.05, 4.69) is 0 Å². The predicted octanol–water partition coefficient (Wildman–Crippen LogP) is 2.96. The van der Waals surface area contributed by atoms with Gasteiger partial charge in [-0.25, -0.2) is 0 Å². The zero-order valence-electron chi connectivity index (χ0n) is 20.7. The van der Waals surface area contributed by atoms with Crippen molar-refractivity contribution in [2.45, 2.75) is 66.4 Å². The highest BCUT2D eigenvalue weighted by molar-refractivity contribution is 6.32. The number of ketones is 5. The Morgan fingerprint density at radius 2 is 1.68 bits per heavy atom. The van der Waals surface area contributed by atoms with Gasteiger partial charge in [0.2, 0.25) is 0 Å². The number of fused-ring (bicyclic) bond motifs is 3. The molecule has 0 heterocycles. The van der Waals surface area contributed by atoms with Crippen molar-refractivity contribution >= 4 is 28.9 Å². The minimum atomic E-state index is -2.66. The summed E-state index contributed by atoms with van der Waals surface area (Å²) < 4.78 is 0. The van der Waals surface area contributed by atoms with Crippen molar-refractivity contribution in [2.75, 3.05) is 0 Å². The highest BCUT2D eigenvalue weighted by Gasteiger charge is 2.77. The van der Waals surface area contributed by atoms with Gasteiger partial charge in [-0.05, 0) is 54.7 Å². The smallest absolute Gasteiger partial charge is 0.190 e. The number of phenols is 1. The first-order valence-corrected chi connectivity index (χ1v) is 11.8. The van der Waals surface area contributed by atoms with Crippen LogP contribution in [-0.2, 0) is 19.2 Å². The maximum absolute atomic E-state index is 14.1. The molecule has 4 rings (SSSR count). The fourth-order valence-electron chi connectivity index (χ4n) is 7.65. The Balaban J connectivity index is 2.04. The lowest BCUT2D eigenvalue weighted by Crippen LogP contribution is -2.77. The molecule has 0 saturated heterocycles. The molecule has 34 heavy (non-hydrogen) atoms. The quantitative estimate of drug-likeness (QED) is 0.639. The third-order valence-corrected chi connectivity index (χ3v) is 9.19. The number of Topliss-reactive ketones (excluding diaryl/α,β-unsaturated/α-hetero) is 5. The summed E-state index contributed by atoms with van der Waals surface area (Å²) in [7, 11) is 0. The topological polar surface area (TPSA) is 126 Å². The van der Waals surface area contributed by atoms with E-state index in [4.69, 9.17) is 0 Å². The molecule has 182 valence electrons. The first kappa shape index (κ1) is 24.5. The van der Waals surface area contributed by atoms with Crippen molar-refractivity contribution in [3.8, 4) is 5.75 Å². The van der Waals surface area contributed by atoms with Crippen molar-refractivity contribution in [3.05, 3.63) is 28.8 Å². The maximum Gasteiger partial charge on any atom is 0.190 e. The molecular weight excluding hydrogens is 436 g/mol. The Morgan fingerprint density at radius 1 is 1.09 bits per heavy atom. The van der Waals surface area contributed by atoms with E-state index in [1.807, 2.05) is 13.8 Å². The molecule has 2 fully saturated rings. The fourth-order valence-corrected chi connectivity index (χ4v) is 7.65. The minimum absolute atomic E-state index is 0.0402. The lowest BCUT2D eigenvalue weighted by molar-refractivity contribution is -0.206. The Bertz CT molecular complexity index is 1180.